The third-order valence-electron chi connectivity index (χ3n) is 2.23. The van der Waals surface area contributed by atoms with Gasteiger partial charge in [-0.1, -0.05) is 6.07 Å². The van der Waals surface area contributed by atoms with Gasteiger partial charge in [-0.05, 0) is 40.5 Å². The second-order valence-electron chi connectivity index (χ2n) is 3.65. The average Bonchev–Trinajstić information content (AvgIpc) is 2.33. The van der Waals surface area contributed by atoms with Gasteiger partial charge >= 0.3 is 0 Å². The molecule has 0 aliphatic heterocycles. The molecule has 5 nitrogen and oxygen atoms in total. The summed E-state index contributed by atoms with van der Waals surface area (Å²) < 4.78 is 6.27. The Morgan fingerprint density at radius 1 is 1.33 bits per heavy atom. The lowest BCUT2D eigenvalue weighted by molar-refractivity contribution is -0.385. The van der Waals surface area contributed by atoms with Gasteiger partial charge in [0.05, 0.1) is 15.5 Å². The van der Waals surface area contributed by atoms with Crippen molar-refractivity contribution in [1.82, 2.24) is 4.98 Å². The lowest BCUT2D eigenvalue weighted by Gasteiger charge is -2.07. The quantitative estimate of drug-likeness (QED) is 0.638. The first-order chi connectivity index (χ1) is 8.56. The molecule has 1 aromatic carbocycles. The average molecular weight is 309 g/mol. The molecule has 0 fully saturated rings. The first kappa shape index (κ1) is 12.5. The molecule has 1 heterocycles. The van der Waals surface area contributed by atoms with Crippen molar-refractivity contribution >= 4 is 21.6 Å². The van der Waals surface area contributed by atoms with E-state index in [4.69, 9.17) is 4.74 Å². The second kappa shape index (κ2) is 5.14. The first-order valence-corrected chi connectivity index (χ1v) is 5.90. The number of benzene rings is 1. The zero-order chi connectivity index (χ0) is 13.1. The minimum absolute atomic E-state index is 0.0526. The van der Waals surface area contributed by atoms with Gasteiger partial charge in [-0.3, -0.25) is 10.1 Å². The maximum atomic E-state index is 10.6. The number of pyridine rings is 1. The van der Waals surface area contributed by atoms with Gasteiger partial charge in [-0.15, -0.1) is 0 Å². The highest BCUT2D eigenvalue weighted by atomic mass is 79.9. The number of hydrogen-bond donors (Lipinski definition) is 0. The molecule has 0 bridgehead atoms. The summed E-state index contributed by atoms with van der Waals surface area (Å²) in [5.74, 6) is 0.752. The molecule has 0 aliphatic rings. The molecule has 0 radical (unpaired) electrons. The lowest BCUT2D eigenvalue weighted by Crippen LogP contribution is -1.92. The van der Waals surface area contributed by atoms with Crippen LogP contribution in [0.15, 0.2) is 41.0 Å². The van der Waals surface area contributed by atoms with Gasteiger partial charge in [0.2, 0.25) is 5.88 Å². The van der Waals surface area contributed by atoms with E-state index in [0.29, 0.717) is 5.75 Å². The lowest BCUT2D eigenvalue weighted by atomic mass is 10.2. The van der Waals surface area contributed by atoms with E-state index < -0.39 is 4.92 Å². The van der Waals surface area contributed by atoms with E-state index in [1.807, 2.05) is 19.1 Å². The van der Waals surface area contributed by atoms with Crippen LogP contribution in [-0.4, -0.2) is 9.91 Å². The van der Waals surface area contributed by atoms with Crippen LogP contribution in [0.2, 0.25) is 0 Å². The highest BCUT2D eigenvalue weighted by Crippen LogP contribution is 2.30. The van der Waals surface area contributed by atoms with Gasteiger partial charge in [0, 0.05) is 12.3 Å². The molecular weight excluding hydrogens is 300 g/mol. The van der Waals surface area contributed by atoms with Gasteiger partial charge in [0.25, 0.3) is 5.69 Å². The predicted octanol–water partition coefficient (Wildman–Crippen LogP) is 3.85. The Kier molecular flexibility index (Phi) is 3.57. The van der Waals surface area contributed by atoms with Gasteiger partial charge in [-0.25, -0.2) is 4.98 Å². The zero-order valence-electron chi connectivity index (χ0n) is 9.46. The first-order valence-electron chi connectivity index (χ1n) is 5.11. The van der Waals surface area contributed by atoms with Crippen LogP contribution in [0, 0.1) is 17.0 Å². The zero-order valence-corrected chi connectivity index (χ0v) is 11.0. The fourth-order valence-electron chi connectivity index (χ4n) is 1.37. The monoisotopic (exact) mass is 308 g/mol. The van der Waals surface area contributed by atoms with E-state index in [1.54, 1.807) is 6.07 Å². The van der Waals surface area contributed by atoms with E-state index in [9.17, 15) is 10.1 Å². The number of aromatic nitrogens is 1. The van der Waals surface area contributed by atoms with E-state index >= 15 is 0 Å². The summed E-state index contributed by atoms with van der Waals surface area (Å²) in [5, 5.41) is 10.6. The number of rotatable bonds is 3. The predicted molar refractivity (Wildman–Crippen MR) is 69.8 cm³/mol. The molecule has 2 aromatic rings. The third kappa shape index (κ3) is 2.84. The van der Waals surface area contributed by atoms with Crippen LogP contribution in [-0.2, 0) is 0 Å². The summed E-state index contributed by atoms with van der Waals surface area (Å²) in [7, 11) is 0. The summed E-state index contributed by atoms with van der Waals surface area (Å²) in [4.78, 5) is 14.1. The molecule has 0 saturated carbocycles. The molecule has 1 aromatic heterocycles. The van der Waals surface area contributed by atoms with Crippen LogP contribution in [0.5, 0.6) is 11.6 Å². The topological polar surface area (TPSA) is 65.3 Å². The fraction of sp³-hybridized carbons (Fsp3) is 0.0833. The molecule has 2 rings (SSSR count). The molecule has 0 atom stereocenters. The van der Waals surface area contributed by atoms with Crippen molar-refractivity contribution in [2.24, 2.45) is 0 Å². The van der Waals surface area contributed by atoms with Crippen LogP contribution >= 0.6 is 15.9 Å². The minimum atomic E-state index is -0.487. The number of nitro groups is 1. The van der Waals surface area contributed by atoms with Crippen LogP contribution in [0.25, 0.3) is 0 Å². The van der Waals surface area contributed by atoms with Crippen LogP contribution in [0.3, 0.4) is 0 Å². The number of halogens is 1. The highest BCUT2D eigenvalue weighted by molar-refractivity contribution is 9.10. The minimum Gasteiger partial charge on any atom is -0.438 e. The normalized spacial score (nSPS) is 10.1. The molecule has 0 aliphatic carbocycles. The summed E-state index contributed by atoms with van der Waals surface area (Å²) in [5.41, 5.74) is 1.03. The largest absolute Gasteiger partial charge is 0.438 e. The molecule has 0 unspecified atom stereocenters. The number of hydrogen-bond acceptors (Lipinski definition) is 4. The molecule has 0 saturated heterocycles. The number of nitrogens with zero attached hydrogens (tertiary/aromatic N) is 2. The maximum Gasteiger partial charge on any atom is 0.276 e. The summed E-state index contributed by atoms with van der Waals surface area (Å²) in [6, 6.07) is 8.16. The molecule has 0 amide bonds. The Morgan fingerprint density at radius 2 is 2.11 bits per heavy atom. The summed E-state index contributed by atoms with van der Waals surface area (Å²) in [6.45, 7) is 1.96. The molecule has 92 valence electrons. The Labute approximate surface area is 112 Å². The summed E-state index contributed by atoms with van der Waals surface area (Å²) >= 11 is 3.37. The van der Waals surface area contributed by atoms with E-state index in [2.05, 4.69) is 20.9 Å². The molecular formula is C12H9BrN2O3. The molecule has 6 heteroatoms. The van der Waals surface area contributed by atoms with Crippen molar-refractivity contribution in [1.29, 1.82) is 0 Å². The number of ether oxygens (including phenoxy) is 1. The van der Waals surface area contributed by atoms with E-state index in [0.717, 1.165) is 10.0 Å². The third-order valence-corrected chi connectivity index (χ3v) is 2.85. The van der Waals surface area contributed by atoms with Crippen molar-refractivity contribution in [3.63, 3.8) is 0 Å². The van der Waals surface area contributed by atoms with E-state index in [1.165, 1.54) is 18.3 Å². The Morgan fingerprint density at radius 3 is 2.78 bits per heavy atom. The Bertz CT molecular complexity index is 602. The Balaban J connectivity index is 2.28. The highest BCUT2D eigenvalue weighted by Gasteiger charge is 2.09. The SMILES string of the molecule is Cc1ccc(Oc2cc([N+](=O)[O-])ccn2)c(Br)c1. The Hall–Kier alpha value is -1.95. The van der Waals surface area contributed by atoms with Gasteiger partial charge in [0.1, 0.15) is 5.75 Å². The standard InChI is InChI=1S/C12H9BrN2O3/c1-8-2-3-11(10(13)6-8)18-12-7-9(15(16)17)4-5-14-12/h2-7H,1H3. The smallest absolute Gasteiger partial charge is 0.276 e. The van der Waals surface area contributed by atoms with Gasteiger partial charge < -0.3 is 4.74 Å². The molecule has 0 N–H and O–H groups in total. The molecule has 0 spiro atoms. The van der Waals surface area contributed by atoms with Crippen molar-refractivity contribution in [3.05, 3.63) is 56.7 Å². The van der Waals surface area contributed by atoms with Crippen LogP contribution in [0.4, 0.5) is 5.69 Å². The molecule has 18 heavy (non-hydrogen) atoms. The van der Waals surface area contributed by atoms with Crippen molar-refractivity contribution in [2.45, 2.75) is 6.92 Å². The van der Waals surface area contributed by atoms with Gasteiger partial charge in [0.15, 0.2) is 0 Å². The van der Waals surface area contributed by atoms with Crippen molar-refractivity contribution < 1.29 is 9.66 Å². The maximum absolute atomic E-state index is 10.6. The van der Waals surface area contributed by atoms with Crippen molar-refractivity contribution in [2.75, 3.05) is 0 Å². The van der Waals surface area contributed by atoms with Crippen LogP contribution in [0.1, 0.15) is 5.56 Å². The summed E-state index contributed by atoms with van der Waals surface area (Å²) in [6.07, 6.45) is 1.34. The second-order valence-corrected chi connectivity index (χ2v) is 4.50. The number of aryl methyl sites for hydroxylation is 1. The van der Waals surface area contributed by atoms with Crippen molar-refractivity contribution in [3.8, 4) is 11.6 Å². The van der Waals surface area contributed by atoms with Gasteiger partial charge in [-0.2, -0.15) is 0 Å². The van der Waals surface area contributed by atoms with Crippen LogP contribution < -0.4 is 4.74 Å². The fourth-order valence-corrected chi connectivity index (χ4v) is 1.94. The van der Waals surface area contributed by atoms with E-state index in [-0.39, 0.29) is 11.6 Å².